The van der Waals surface area contributed by atoms with Gasteiger partial charge in [0.15, 0.2) is 0 Å². The van der Waals surface area contributed by atoms with Crippen molar-refractivity contribution < 1.29 is 19.8 Å². The number of hydrogen-bond acceptors (Lipinski definition) is 4. The van der Waals surface area contributed by atoms with E-state index in [1.54, 1.807) is 0 Å². The summed E-state index contributed by atoms with van der Waals surface area (Å²) < 4.78 is 0. The first-order valence-electron chi connectivity index (χ1n) is 5.70. The molecule has 1 unspecified atom stereocenters. The molecule has 18 heavy (non-hydrogen) atoms. The summed E-state index contributed by atoms with van der Waals surface area (Å²) in [5.74, 6) is -1.68. The van der Waals surface area contributed by atoms with Crippen molar-refractivity contribution in [1.82, 2.24) is 10.3 Å². The van der Waals surface area contributed by atoms with Gasteiger partial charge in [-0.05, 0) is 12.5 Å². The van der Waals surface area contributed by atoms with Gasteiger partial charge in [-0.2, -0.15) is 0 Å². The molecule has 1 heterocycles. The van der Waals surface area contributed by atoms with Gasteiger partial charge in [0.05, 0.1) is 18.2 Å². The first kappa shape index (κ1) is 14.0. The van der Waals surface area contributed by atoms with Crippen LogP contribution in [0.4, 0.5) is 0 Å². The highest BCUT2D eigenvalue weighted by molar-refractivity contribution is 5.96. The number of aromatic nitrogens is 1. The summed E-state index contributed by atoms with van der Waals surface area (Å²) in [5.41, 5.74) is 0.0940. The minimum absolute atomic E-state index is 0.0940. The van der Waals surface area contributed by atoms with Gasteiger partial charge in [0.25, 0.3) is 5.91 Å². The summed E-state index contributed by atoms with van der Waals surface area (Å²) in [6, 6.07) is 0.946. The van der Waals surface area contributed by atoms with Gasteiger partial charge in [-0.1, -0.05) is 13.3 Å². The van der Waals surface area contributed by atoms with Gasteiger partial charge in [0, 0.05) is 12.2 Å². The number of nitrogens with zero attached hydrogens (tertiary/aromatic N) is 1. The van der Waals surface area contributed by atoms with E-state index in [0.29, 0.717) is 6.42 Å². The molecule has 6 heteroatoms. The predicted molar refractivity (Wildman–Crippen MR) is 64.3 cm³/mol. The molecule has 0 aliphatic rings. The van der Waals surface area contributed by atoms with Gasteiger partial charge in [0.1, 0.15) is 5.75 Å². The zero-order chi connectivity index (χ0) is 13.5. The van der Waals surface area contributed by atoms with Crippen LogP contribution in [0.3, 0.4) is 0 Å². The molecule has 3 N–H and O–H groups in total. The second kappa shape index (κ2) is 6.58. The van der Waals surface area contributed by atoms with E-state index >= 15 is 0 Å². The van der Waals surface area contributed by atoms with Gasteiger partial charge in [-0.25, -0.2) is 0 Å². The molecule has 98 valence electrons. The summed E-state index contributed by atoms with van der Waals surface area (Å²) in [6.45, 7) is 1.91. The van der Waals surface area contributed by atoms with E-state index in [1.807, 2.05) is 6.92 Å². The third-order valence-electron chi connectivity index (χ3n) is 2.44. The summed E-state index contributed by atoms with van der Waals surface area (Å²) in [4.78, 5) is 26.2. The Kier molecular flexibility index (Phi) is 5.10. The van der Waals surface area contributed by atoms with E-state index in [0.717, 1.165) is 6.42 Å². The van der Waals surface area contributed by atoms with Crippen LogP contribution in [-0.2, 0) is 4.79 Å². The molecule has 0 aliphatic heterocycles. The monoisotopic (exact) mass is 252 g/mol. The Morgan fingerprint density at radius 1 is 1.50 bits per heavy atom. The number of hydrogen-bond donors (Lipinski definition) is 3. The first-order chi connectivity index (χ1) is 8.54. The molecule has 0 radical (unpaired) electrons. The fraction of sp³-hybridized carbons (Fsp3) is 0.417. The molecule has 6 nitrogen and oxygen atoms in total. The fourth-order valence-corrected chi connectivity index (χ4v) is 1.63. The van der Waals surface area contributed by atoms with E-state index in [4.69, 9.17) is 5.11 Å². The van der Waals surface area contributed by atoms with Gasteiger partial charge >= 0.3 is 5.97 Å². The van der Waals surface area contributed by atoms with E-state index in [-0.39, 0.29) is 17.7 Å². The van der Waals surface area contributed by atoms with Crippen LogP contribution in [0.15, 0.2) is 18.5 Å². The van der Waals surface area contributed by atoms with E-state index in [1.165, 1.54) is 18.5 Å². The molecule has 1 aromatic heterocycles. The molecule has 1 aromatic rings. The van der Waals surface area contributed by atoms with Crippen LogP contribution in [0.25, 0.3) is 0 Å². The van der Waals surface area contributed by atoms with E-state index in [2.05, 4.69) is 10.3 Å². The van der Waals surface area contributed by atoms with Crippen molar-refractivity contribution >= 4 is 11.9 Å². The lowest BCUT2D eigenvalue weighted by Crippen LogP contribution is -2.36. The number of amides is 1. The molecule has 0 aliphatic carbocycles. The number of nitrogens with one attached hydrogen (secondary N) is 1. The molecular weight excluding hydrogens is 236 g/mol. The Morgan fingerprint density at radius 2 is 2.22 bits per heavy atom. The van der Waals surface area contributed by atoms with Gasteiger partial charge < -0.3 is 15.5 Å². The number of carbonyl (C=O) groups excluding carboxylic acids is 1. The third kappa shape index (κ3) is 4.04. The molecule has 0 aromatic carbocycles. The average molecular weight is 252 g/mol. The zero-order valence-corrected chi connectivity index (χ0v) is 10.1. The summed E-state index contributed by atoms with van der Waals surface area (Å²) in [7, 11) is 0. The number of carboxylic acids is 1. The van der Waals surface area contributed by atoms with Gasteiger partial charge in [-0.15, -0.1) is 0 Å². The number of rotatable bonds is 6. The topological polar surface area (TPSA) is 99.5 Å². The van der Waals surface area contributed by atoms with Crippen LogP contribution in [0.5, 0.6) is 5.75 Å². The molecule has 0 fully saturated rings. The van der Waals surface area contributed by atoms with Crippen LogP contribution in [0.1, 0.15) is 36.5 Å². The number of aromatic hydroxyl groups is 1. The van der Waals surface area contributed by atoms with Crippen LogP contribution >= 0.6 is 0 Å². The summed E-state index contributed by atoms with van der Waals surface area (Å²) >= 11 is 0. The molecule has 1 atom stereocenters. The lowest BCUT2D eigenvalue weighted by molar-refractivity contribution is -0.137. The molecule has 1 rings (SSSR count). The second-order valence-corrected chi connectivity index (χ2v) is 3.95. The largest absolute Gasteiger partial charge is 0.505 e. The Morgan fingerprint density at radius 3 is 2.78 bits per heavy atom. The van der Waals surface area contributed by atoms with Crippen LogP contribution in [0.2, 0.25) is 0 Å². The SMILES string of the molecule is CCCC(CC(=O)O)NC(=O)c1ccncc1O. The average Bonchev–Trinajstić information content (AvgIpc) is 2.28. The van der Waals surface area contributed by atoms with E-state index in [9.17, 15) is 14.7 Å². The number of aliphatic carboxylic acids is 1. The Hall–Kier alpha value is -2.11. The van der Waals surface area contributed by atoms with Crippen LogP contribution in [-0.4, -0.2) is 33.1 Å². The lowest BCUT2D eigenvalue weighted by atomic mass is 10.1. The van der Waals surface area contributed by atoms with Crippen LogP contribution in [0, 0.1) is 0 Å². The van der Waals surface area contributed by atoms with Crippen molar-refractivity contribution in [1.29, 1.82) is 0 Å². The van der Waals surface area contributed by atoms with Crippen molar-refractivity contribution in [3.8, 4) is 5.75 Å². The molecular formula is C12H16N2O4. The summed E-state index contributed by atoms with van der Waals surface area (Å²) in [6.07, 6.45) is 3.76. The van der Waals surface area contributed by atoms with Crippen molar-refractivity contribution in [2.24, 2.45) is 0 Å². The normalized spacial score (nSPS) is 11.8. The number of carboxylic acid groups (broad SMARTS) is 1. The minimum Gasteiger partial charge on any atom is -0.505 e. The Bertz CT molecular complexity index is 434. The molecule has 0 bridgehead atoms. The molecule has 0 saturated carbocycles. The van der Waals surface area contributed by atoms with Gasteiger partial charge in [0.2, 0.25) is 0 Å². The maximum Gasteiger partial charge on any atom is 0.305 e. The number of pyridine rings is 1. The molecule has 0 spiro atoms. The molecule has 0 saturated heterocycles. The molecule has 1 amide bonds. The highest BCUT2D eigenvalue weighted by Crippen LogP contribution is 2.14. The van der Waals surface area contributed by atoms with Crippen molar-refractivity contribution in [3.63, 3.8) is 0 Å². The summed E-state index contributed by atoms with van der Waals surface area (Å²) in [5, 5.41) is 20.8. The minimum atomic E-state index is -0.965. The predicted octanol–water partition coefficient (Wildman–Crippen LogP) is 1.16. The van der Waals surface area contributed by atoms with Crippen molar-refractivity contribution in [2.45, 2.75) is 32.2 Å². The van der Waals surface area contributed by atoms with Crippen LogP contribution < -0.4 is 5.32 Å². The highest BCUT2D eigenvalue weighted by atomic mass is 16.4. The number of carbonyl (C=O) groups is 2. The zero-order valence-electron chi connectivity index (χ0n) is 10.1. The maximum atomic E-state index is 11.8. The lowest BCUT2D eigenvalue weighted by Gasteiger charge is -2.16. The van der Waals surface area contributed by atoms with Gasteiger partial charge in [-0.3, -0.25) is 14.6 Å². The Labute approximate surface area is 105 Å². The highest BCUT2D eigenvalue weighted by Gasteiger charge is 2.18. The third-order valence-corrected chi connectivity index (χ3v) is 2.44. The first-order valence-corrected chi connectivity index (χ1v) is 5.70. The quantitative estimate of drug-likeness (QED) is 0.705. The smallest absolute Gasteiger partial charge is 0.305 e. The van der Waals surface area contributed by atoms with Crippen molar-refractivity contribution in [2.75, 3.05) is 0 Å². The Balaban J connectivity index is 2.72. The second-order valence-electron chi connectivity index (χ2n) is 3.95. The standard InChI is InChI=1S/C12H16N2O4/c1-2-3-8(6-11(16)17)14-12(18)9-4-5-13-7-10(9)15/h4-5,7-8,15H,2-3,6H2,1H3,(H,14,18)(H,16,17). The van der Waals surface area contributed by atoms with Crippen molar-refractivity contribution in [3.05, 3.63) is 24.0 Å². The fourth-order valence-electron chi connectivity index (χ4n) is 1.63. The maximum absolute atomic E-state index is 11.8. The van der Waals surface area contributed by atoms with E-state index < -0.39 is 17.9 Å².